The minimum atomic E-state index is -4.43. The zero-order valence-corrected chi connectivity index (χ0v) is 14.6. The molecule has 0 N–H and O–H groups in total. The predicted molar refractivity (Wildman–Crippen MR) is 88.1 cm³/mol. The van der Waals surface area contributed by atoms with Crippen LogP contribution in [0, 0.1) is 5.41 Å². The molecule has 0 aromatic heterocycles. The molecular weight excluding hydrogens is 349 g/mol. The van der Waals surface area contributed by atoms with E-state index in [4.69, 9.17) is 9.47 Å². The van der Waals surface area contributed by atoms with Crippen molar-refractivity contribution in [3.05, 3.63) is 58.7 Å². The first-order valence-corrected chi connectivity index (χ1v) is 7.87. The number of carbonyl (C=O) groups excluding carboxylic acids is 2. The molecule has 1 aliphatic carbocycles. The summed E-state index contributed by atoms with van der Waals surface area (Å²) in [5.41, 5.74) is -0.724. The van der Waals surface area contributed by atoms with Crippen LogP contribution in [0.5, 0.6) is 0 Å². The van der Waals surface area contributed by atoms with E-state index in [1.165, 1.54) is 26.4 Å². The van der Waals surface area contributed by atoms with Gasteiger partial charge in [-0.05, 0) is 30.5 Å². The number of ether oxygens (including phenoxy) is 2. The van der Waals surface area contributed by atoms with Crippen molar-refractivity contribution in [1.29, 1.82) is 0 Å². The quantitative estimate of drug-likeness (QED) is 0.758. The third-order valence-electron chi connectivity index (χ3n) is 4.48. The SMILES string of the molecule is COC(=O)C1=CCC=C(C(=O)OC)C1(C)Cc1ccc(C(F)(F)F)cc1. The molecule has 0 fully saturated rings. The zero-order valence-electron chi connectivity index (χ0n) is 14.6. The van der Waals surface area contributed by atoms with Crippen molar-refractivity contribution in [2.45, 2.75) is 25.9 Å². The van der Waals surface area contributed by atoms with E-state index in [-0.39, 0.29) is 17.6 Å². The molecule has 1 aromatic rings. The first-order valence-electron chi connectivity index (χ1n) is 7.87. The Balaban J connectivity index is 2.43. The maximum atomic E-state index is 12.7. The molecule has 0 atom stereocenters. The Bertz CT molecular complexity index is 726. The van der Waals surface area contributed by atoms with E-state index < -0.39 is 29.1 Å². The Morgan fingerprint density at radius 2 is 1.46 bits per heavy atom. The number of methoxy groups -OCH3 is 2. The van der Waals surface area contributed by atoms with Gasteiger partial charge < -0.3 is 9.47 Å². The normalized spacial score (nSPS) is 16.4. The summed E-state index contributed by atoms with van der Waals surface area (Å²) >= 11 is 0. The van der Waals surface area contributed by atoms with Crippen molar-refractivity contribution in [2.75, 3.05) is 14.2 Å². The van der Waals surface area contributed by atoms with Crippen LogP contribution >= 0.6 is 0 Å². The third-order valence-corrected chi connectivity index (χ3v) is 4.48. The van der Waals surface area contributed by atoms with Crippen LogP contribution in [-0.2, 0) is 31.7 Å². The lowest BCUT2D eigenvalue weighted by Crippen LogP contribution is -2.35. The van der Waals surface area contributed by atoms with E-state index in [2.05, 4.69) is 0 Å². The molecule has 26 heavy (non-hydrogen) atoms. The Morgan fingerprint density at radius 3 is 1.85 bits per heavy atom. The maximum Gasteiger partial charge on any atom is 0.416 e. The van der Waals surface area contributed by atoms with E-state index >= 15 is 0 Å². The van der Waals surface area contributed by atoms with Crippen LogP contribution in [0.15, 0.2) is 47.6 Å². The number of esters is 2. The van der Waals surface area contributed by atoms with Crippen LogP contribution in [0.4, 0.5) is 13.2 Å². The van der Waals surface area contributed by atoms with E-state index in [1.54, 1.807) is 19.1 Å². The topological polar surface area (TPSA) is 52.6 Å². The van der Waals surface area contributed by atoms with Gasteiger partial charge in [-0.15, -0.1) is 0 Å². The maximum absolute atomic E-state index is 12.7. The molecule has 0 unspecified atom stereocenters. The molecule has 0 bridgehead atoms. The molecule has 7 heteroatoms. The lowest BCUT2D eigenvalue weighted by molar-refractivity contribution is -0.139. The summed E-state index contributed by atoms with van der Waals surface area (Å²) in [6.45, 7) is 1.68. The first kappa shape index (κ1) is 19.8. The second-order valence-corrected chi connectivity index (χ2v) is 6.16. The van der Waals surface area contributed by atoms with Crippen LogP contribution in [0.2, 0.25) is 0 Å². The summed E-state index contributed by atoms with van der Waals surface area (Å²) in [5.74, 6) is -1.18. The largest absolute Gasteiger partial charge is 0.466 e. The first-order chi connectivity index (χ1) is 12.1. The van der Waals surface area contributed by atoms with Crippen molar-refractivity contribution in [2.24, 2.45) is 5.41 Å². The highest BCUT2D eigenvalue weighted by molar-refractivity contribution is 5.98. The van der Waals surface area contributed by atoms with Crippen LogP contribution in [0.1, 0.15) is 24.5 Å². The molecule has 1 aromatic carbocycles. The van der Waals surface area contributed by atoms with Crippen molar-refractivity contribution in [3.63, 3.8) is 0 Å². The third kappa shape index (κ3) is 3.81. The Kier molecular flexibility index (Phi) is 5.59. The van der Waals surface area contributed by atoms with E-state index in [0.717, 1.165) is 12.1 Å². The van der Waals surface area contributed by atoms with Gasteiger partial charge in [0.05, 0.1) is 19.8 Å². The second-order valence-electron chi connectivity index (χ2n) is 6.16. The smallest absolute Gasteiger partial charge is 0.416 e. The van der Waals surface area contributed by atoms with Gasteiger partial charge >= 0.3 is 18.1 Å². The molecule has 0 heterocycles. The summed E-state index contributed by atoms with van der Waals surface area (Å²) < 4.78 is 47.8. The summed E-state index contributed by atoms with van der Waals surface area (Å²) in [7, 11) is 2.47. The van der Waals surface area contributed by atoms with Gasteiger partial charge in [0.25, 0.3) is 0 Å². The number of benzene rings is 1. The van der Waals surface area contributed by atoms with Gasteiger partial charge in [-0.25, -0.2) is 9.59 Å². The highest BCUT2D eigenvalue weighted by atomic mass is 19.4. The molecule has 0 saturated heterocycles. The molecule has 140 valence electrons. The van der Waals surface area contributed by atoms with Crippen molar-refractivity contribution in [3.8, 4) is 0 Å². The lowest BCUT2D eigenvalue weighted by Gasteiger charge is -2.35. The fourth-order valence-corrected chi connectivity index (χ4v) is 3.14. The Labute approximate surface area is 149 Å². The number of carbonyl (C=O) groups is 2. The molecule has 0 aliphatic heterocycles. The average Bonchev–Trinajstić information content (AvgIpc) is 2.60. The zero-order chi connectivity index (χ0) is 19.5. The van der Waals surface area contributed by atoms with Crippen LogP contribution < -0.4 is 0 Å². The van der Waals surface area contributed by atoms with Gasteiger partial charge in [0, 0.05) is 16.6 Å². The van der Waals surface area contributed by atoms with Crippen LogP contribution in [0.25, 0.3) is 0 Å². The van der Waals surface area contributed by atoms with Gasteiger partial charge in [-0.1, -0.05) is 31.2 Å². The monoisotopic (exact) mass is 368 g/mol. The lowest BCUT2D eigenvalue weighted by atomic mass is 9.68. The molecule has 2 rings (SSSR count). The second kappa shape index (κ2) is 7.35. The Hall–Kier alpha value is -2.57. The summed E-state index contributed by atoms with van der Waals surface area (Å²) in [4.78, 5) is 24.4. The number of hydrogen-bond acceptors (Lipinski definition) is 4. The molecule has 1 aliphatic rings. The number of halogens is 3. The molecule has 0 amide bonds. The summed E-state index contributed by atoms with van der Waals surface area (Å²) in [6, 6.07) is 4.63. The minimum Gasteiger partial charge on any atom is -0.466 e. The van der Waals surface area contributed by atoms with Gasteiger partial charge in [0.1, 0.15) is 0 Å². The predicted octanol–water partition coefficient (Wildman–Crippen LogP) is 3.86. The fourth-order valence-electron chi connectivity index (χ4n) is 3.14. The van der Waals surface area contributed by atoms with Crippen molar-refractivity contribution in [1.82, 2.24) is 0 Å². The molecule has 0 saturated carbocycles. The standard InChI is InChI=1S/C19H19F3O4/c1-18(11-12-7-9-13(10-8-12)19(20,21)22)14(16(23)25-2)5-4-6-15(18)17(24)26-3/h5-10H,4,11H2,1-3H3. The minimum absolute atomic E-state index is 0.146. The van der Waals surface area contributed by atoms with Gasteiger partial charge in [-0.3, -0.25) is 0 Å². The van der Waals surface area contributed by atoms with Crippen LogP contribution in [-0.4, -0.2) is 26.2 Å². The van der Waals surface area contributed by atoms with Crippen molar-refractivity contribution >= 4 is 11.9 Å². The highest BCUT2D eigenvalue weighted by Gasteiger charge is 2.42. The van der Waals surface area contributed by atoms with E-state index in [1.807, 2.05) is 0 Å². The summed E-state index contributed by atoms with van der Waals surface area (Å²) in [5, 5.41) is 0. The van der Waals surface area contributed by atoms with Gasteiger partial charge in [0.15, 0.2) is 0 Å². The fraction of sp³-hybridized carbons (Fsp3) is 0.368. The van der Waals surface area contributed by atoms with E-state index in [9.17, 15) is 22.8 Å². The average molecular weight is 368 g/mol. The number of hydrogen-bond donors (Lipinski definition) is 0. The molecule has 0 radical (unpaired) electrons. The van der Waals surface area contributed by atoms with Crippen LogP contribution in [0.3, 0.4) is 0 Å². The molecule has 4 nitrogen and oxygen atoms in total. The number of allylic oxidation sites excluding steroid dienone is 2. The summed E-state index contributed by atoms with van der Waals surface area (Å²) in [6.07, 6.45) is -0.614. The Morgan fingerprint density at radius 1 is 1.00 bits per heavy atom. The van der Waals surface area contributed by atoms with Gasteiger partial charge in [0.2, 0.25) is 0 Å². The van der Waals surface area contributed by atoms with E-state index in [0.29, 0.717) is 12.0 Å². The van der Waals surface area contributed by atoms with Gasteiger partial charge in [-0.2, -0.15) is 13.2 Å². The number of rotatable bonds is 4. The molecule has 0 spiro atoms. The molecular formula is C19H19F3O4. The van der Waals surface area contributed by atoms with Crippen molar-refractivity contribution < 1.29 is 32.2 Å². The highest BCUT2D eigenvalue weighted by Crippen LogP contribution is 2.43. The number of alkyl halides is 3.